The Hall–Kier alpha value is -2.53. The molecule has 1 amide bonds. The third-order valence-electron chi connectivity index (χ3n) is 3.78. The number of methoxy groups -OCH3 is 1. The molecule has 25 heavy (non-hydrogen) atoms. The molecule has 0 aliphatic rings. The summed E-state index contributed by atoms with van der Waals surface area (Å²) in [5.41, 5.74) is 7.71. The number of hydrogen-bond donors (Lipinski definition) is 2. The Morgan fingerprint density at radius 2 is 1.88 bits per heavy atom. The Balaban J connectivity index is 1.90. The first-order valence-corrected chi connectivity index (χ1v) is 8.44. The van der Waals surface area contributed by atoms with Crippen molar-refractivity contribution in [1.29, 1.82) is 0 Å². The van der Waals surface area contributed by atoms with Crippen molar-refractivity contribution in [2.45, 2.75) is 39.0 Å². The molecule has 0 fully saturated rings. The van der Waals surface area contributed by atoms with Crippen LogP contribution in [0.5, 0.6) is 11.5 Å². The molecule has 2 aromatic rings. The zero-order chi connectivity index (χ0) is 18.1. The van der Waals surface area contributed by atoms with Crippen molar-refractivity contribution >= 4 is 5.91 Å². The summed E-state index contributed by atoms with van der Waals surface area (Å²) in [5.74, 6) is 1.33. The van der Waals surface area contributed by atoms with Gasteiger partial charge in [-0.2, -0.15) is 0 Å². The summed E-state index contributed by atoms with van der Waals surface area (Å²) < 4.78 is 11.2. The van der Waals surface area contributed by atoms with Gasteiger partial charge in [-0.05, 0) is 36.6 Å². The average molecular weight is 342 g/mol. The van der Waals surface area contributed by atoms with Crippen LogP contribution in [0.3, 0.4) is 0 Å². The number of nitrogens with one attached hydrogen (secondary N) is 1. The van der Waals surface area contributed by atoms with Crippen LogP contribution in [-0.4, -0.2) is 19.1 Å². The molecule has 1 unspecified atom stereocenters. The van der Waals surface area contributed by atoms with Gasteiger partial charge >= 0.3 is 0 Å². The van der Waals surface area contributed by atoms with Crippen LogP contribution in [-0.2, 0) is 17.9 Å². The second-order valence-corrected chi connectivity index (χ2v) is 6.05. The maximum atomic E-state index is 11.8. The number of rotatable bonds is 9. The summed E-state index contributed by atoms with van der Waals surface area (Å²) in [7, 11) is 1.61. The molecular weight excluding hydrogens is 316 g/mol. The lowest BCUT2D eigenvalue weighted by Gasteiger charge is -2.13. The maximum Gasteiger partial charge on any atom is 0.220 e. The van der Waals surface area contributed by atoms with Crippen molar-refractivity contribution in [3.05, 3.63) is 59.7 Å². The van der Waals surface area contributed by atoms with E-state index >= 15 is 0 Å². The molecule has 5 nitrogen and oxygen atoms in total. The molecule has 5 heteroatoms. The fourth-order valence-electron chi connectivity index (χ4n) is 2.32. The first-order valence-electron chi connectivity index (χ1n) is 8.44. The van der Waals surface area contributed by atoms with E-state index in [2.05, 4.69) is 5.32 Å². The van der Waals surface area contributed by atoms with E-state index in [0.29, 0.717) is 37.5 Å². The Morgan fingerprint density at radius 3 is 2.56 bits per heavy atom. The summed E-state index contributed by atoms with van der Waals surface area (Å²) in [4.78, 5) is 11.8. The van der Waals surface area contributed by atoms with Crippen molar-refractivity contribution < 1.29 is 14.3 Å². The van der Waals surface area contributed by atoms with Crippen LogP contribution in [0.25, 0.3) is 0 Å². The summed E-state index contributed by atoms with van der Waals surface area (Å²) in [6.45, 7) is 2.82. The maximum absolute atomic E-state index is 11.8. The highest BCUT2D eigenvalue weighted by Gasteiger charge is 2.08. The molecule has 2 rings (SSSR count). The van der Waals surface area contributed by atoms with Gasteiger partial charge in [0.2, 0.25) is 5.91 Å². The summed E-state index contributed by atoms with van der Waals surface area (Å²) in [6, 6.07) is 15.7. The molecule has 0 spiro atoms. The van der Waals surface area contributed by atoms with Gasteiger partial charge < -0.3 is 20.5 Å². The van der Waals surface area contributed by atoms with Gasteiger partial charge in [0.15, 0.2) is 11.5 Å². The van der Waals surface area contributed by atoms with Gasteiger partial charge in [-0.3, -0.25) is 4.79 Å². The third kappa shape index (κ3) is 6.47. The van der Waals surface area contributed by atoms with E-state index in [1.165, 1.54) is 0 Å². The Morgan fingerprint density at radius 1 is 1.12 bits per heavy atom. The van der Waals surface area contributed by atoms with E-state index in [0.717, 1.165) is 11.1 Å². The lowest BCUT2D eigenvalue weighted by molar-refractivity contribution is -0.121. The van der Waals surface area contributed by atoms with Gasteiger partial charge in [-0.15, -0.1) is 0 Å². The van der Waals surface area contributed by atoms with Crippen molar-refractivity contribution in [2.24, 2.45) is 5.73 Å². The van der Waals surface area contributed by atoms with E-state index in [1.807, 2.05) is 55.5 Å². The lowest BCUT2D eigenvalue weighted by atomic mass is 10.1. The SMILES string of the molecule is COc1cc(CNC(=O)CCC(C)N)ccc1OCc1ccccc1. The highest BCUT2D eigenvalue weighted by molar-refractivity contribution is 5.75. The predicted octanol–water partition coefficient (Wildman–Crippen LogP) is 3.02. The number of benzene rings is 2. The van der Waals surface area contributed by atoms with Crippen LogP contribution in [0.15, 0.2) is 48.5 Å². The Labute approximate surface area is 149 Å². The Bertz CT molecular complexity index is 672. The predicted molar refractivity (Wildman–Crippen MR) is 98.5 cm³/mol. The zero-order valence-electron chi connectivity index (χ0n) is 14.8. The molecule has 0 radical (unpaired) electrons. The average Bonchev–Trinajstić information content (AvgIpc) is 2.64. The molecule has 0 aliphatic heterocycles. The van der Waals surface area contributed by atoms with E-state index in [1.54, 1.807) is 7.11 Å². The topological polar surface area (TPSA) is 73.6 Å². The molecular formula is C20H26N2O3. The summed E-state index contributed by atoms with van der Waals surface area (Å²) in [6.07, 6.45) is 1.12. The second-order valence-electron chi connectivity index (χ2n) is 6.05. The van der Waals surface area contributed by atoms with E-state index in [9.17, 15) is 4.79 Å². The number of ether oxygens (including phenoxy) is 2. The standard InChI is InChI=1S/C20H26N2O3/c1-15(21)8-11-20(23)22-13-17-9-10-18(19(12-17)24-2)25-14-16-6-4-3-5-7-16/h3-7,9-10,12,15H,8,11,13-14,21H2,1-2H3,(H,22,23). The van der Waals surface area contributed by atoms with Crippen LogP contribution in [0.1, 0.15) is 30.9 Å². The Kier molecular flexibility index (Phi) is 7.29. The van der Waals surface area contributed by atoms with Crippen molar-refractivity contribution in [1.82, 2.24) is 5.32 Å². The molecule has 0 heterocycles. The molecule has 0 saturated carbocycles. The molecule has 3 N–H and O–H groups in total. The van der Waals surface area contributed by atoms with E-state index in [4.69, 9.17) is 15.2 Å². The molecule has 1 atom stereocenters. The van der Waals surface area contributed by atoms with Crippen LogP contribution >= 0.6 is 0 Å². The number of hydrogen-bond acceptors (Lipinski definition) is 4. The lowest BCUT2D eigenvalue weighted by Crippen LogP contribution is -2.25. The first kappa shape index (κ1) is 18.8. The fraction of sp³-hybridized carbons (Fsp3) is 0.350. The largest absolute Gasteiger partial charge is 0.493 e. The fourth-order valence-corrected chi connectivity index (χ4v) is 2.32. The van der Waals surface area contributed by atoms with Crippen molar-refractivity contribution in [3.8, 4) is 11.5 Å². The van der Waals surface area contributed by atoms with Gasteiger partial charge in [0, 0.05) is 19.0 Å². The third-order valence-corrected chi connectivity index (χ3v) is 3.78. The van der Waals surface area contributed by atoms with Gasteiger partial charge in [0.25, 0.3) is 0 Å². The highest BCUT2D eigenvalue weighted by Crippen LogP contribution is 2.28. The van der Waals surface area contributed by atoms with Gasteiger partial charge in [-0.25, -0.2) is 0 Å². The van der Waals surface area contributed by atoms with Crippen LogP contribution in [0.2, 0.25) is 0 Å². The van der Waals surface area contributed by atoms with Crippen LogP contribution in [0.4, 0.5) is 0 Å². The highest BCUT2D eigenvalue weighted by atomic mass is 16.5. The summed E-state index contributed by atoms with van der Waals surface area (Å²) >= 11 is 0. The zero-order valence-corrected chi connectivity index (χ0v) is 14.8. The smallest absolute Gasteiger partial charge is 0.220 e. The monoisotopic (exact) mass is 342 g/mol. The molecule has 0 bridgehead atoms. The van der Waals surface area contributed by atoms with Gasteiger partial charge in [-0.1, -0.05) is 36.4 Å². The van der Waals surface area contributed by atoms with Gasteiger partial charge in [0.05, 0.1) is 7.11 Å². The number of nitrogens with two attached hydrogens (primary N) is 1. The van der Waals surface area contributed by atoms with Gasteiger partial charge in [0.1, 0.15) is 6.61 Å². The second kappa shape index (κ2) is 9.69. The molecule has 0 aliphatic carbocycles. The quantitative estimate of drug-likeness (QED) is 0.735. The number of carbonyl (C=O) groups is 1. The number of carbonyl (C=O) groups excluding carboxylic acids is 1. The normalized spacial score (nSPS) is 11.6. The minimum atomic E-state index is 0.000621. The summed E-state index contributed by atoms with van der Waals surface area (Å²) in [5, 5.41) is 2.89. The number of amides is 1. The minimum Gasteiger partial charge on any atom is -0.493 e. The molecule has 0 saturated heterocycles. The van der Waals surface area contributed by atoms with Crippen molar-refractivity contribution in [3.63, 3.8) is 0 Å². The van der Waals surface area contributed by atoms with E-state index in [-0.39, 0.29) is 11.9 Å². The minimum absolute atomic E-state index is 0.000621. The molecule has 134 valence electrons. The first-order chi connectivity index (χ1) is 12.1. The molecule has 0 aromatic heterocycles. The van der Waals surface area contributed by atoms with E-state index < -0.39 is 0 Å². The van der Waals surface area contributed by atoms with Crippen molar-refractivity contribution in [2.75, 3.05) is 7.11 Å². The molecule has 2 aromatic carbocycles. The van der Waals surface area contributed by atoms with Crippen LogP contribution < -0.4 is 20.5 Å². The van der Waals surface area contributed by atoms with Crippen LogP contribution in [0, 0.1) is 0 Å².